The van der Waals surface area contributed by atoms with Crippen LogP contribution >= 0.6 is 0 Å². The summed E-state index contributed by atoms with van der Waals surface area (Å²) in [5, 5.41) is 0. The van der Waals surface area contributed by atoms with Gasteiger partial charge in [0.25, 0.3) is 0 Å². The molecule has 2 aliphatic heterocycles. The van der Waals surface area contributed by atoms with E-state index in [4.69, 9.17) is 10.5 Å². The van der Waals surface area contributed by atoms with Crippen LogP contribution in [0.1, 0.15) is 30.9 Å². The van der Waals surface area contributed by atoms with E-state index in [9.17, 15) is 0 Å². The molecule has 1 aromatic rings. The van der Waals surface area contributed by atoms with Crippen LogP contribution in [0.4, 0.5) is 0 Å². The van der Waals surface area contributed by atoms with Crippen molar-refractivity contribution < 1.29 is 4.74 Å². The Bertz CT molecular complexity index is 396. The molecule has 0 aromatic heterocycles. The van der Waals surface area contributed by atoms with Crippen molar-refractivity contribution in [2.24, 2.45) is 5.73 Å². The first-order valence-electron chi connectivity index (χ1n) is 6.94. The number of hydrogen-bond acceptors (Lipinski definition) is 3. The Morgan fingerprint density at radius 3 is 2.44 bits per heavy atom. The van der Waals surface area contributed by atoms with Gasteiger partial charge in [0.2, 0.25) is 0 Å². The summed E-state index contributed by atoms with van der Waals surface area (Å²) in [4.78, 5) is 2.48. The highest BCUT2D eigenvalue weighted by atomic mass is 16.5. The second-order valence-corrected chi connectivity index (χ2v) is 5.54. The minimum absolute atomic E-state index is 0.319. The van der Waals surface area contributed by atoms with Crippen molar-refractivity contribution in [3.05, 3.63) is 35.4 Å². The van der Waals surface area contributed by atoms with Gasteiger partial charge in [0.05, 0.1) is 12.2 Å². The van der Waals surface area contributed by atoms with Crippen LogP contribution in [0.2, 0.25) is 0 Å². The fraction of sp³-hybridized carbons (Fsp3) is 0.600. The normalized spacial score (nSPS) is 29.4. The van der Waals surface area contributed by atoms with Crippen LogP contribution in [0.15, 0.2) is 24.3 Å². The number of benzene rings is 1. The first-order chi connectivity index (χ1) is 8.78. The lowest BCUT2D eigenvalue weighted by Crippen LogP contribution is -2.45. The molecule has 2 N–H and O–H groups in total. The molecular formula is C15H22N2O. The second kappa shape index (κ2) is 5.00. The smallest absolute Gasteiger partial charge is 0.0747 e. The van der Waals surface area contributed by atoms with Crippen molar-refractivity contribution in [3.63, 3.8) is 0 Å². The first kappa shape index (κ1) is 12.2. The Hall–Kier alpha value is -0.900. The monoisotopic (exact) mass is 246 g/mol. The number of nitrogens with zero attached hydrogens (tertiary/aromatic N) is 1. The van der Waals surface area contributed by atoms with E-state index in [1.165, 1.54) is 17.5 Å². The Labute approximate surface area is 109 Å². The average molecular weight is 246 g/mol. The third-order valence-corrected chi connectivity index (χ3v) is 4.27. The van der Waals surface area contributed by atoms with Gasteiger partial charge >= 0.3 is 0 Å². The summed E-state index contributed by atoms with van der Waals surface area (Å²) >= 11 is 0. The average Bonchev–Trinajstić information content (AvgIpc) is 2.96. The van der Waals surface area contributed by atoms with Gasteiger partial charge in [-0.25, -0.2) is 0 Å². The van der Waals surface area contributed by atoms with Crippen molar-refractivity contribution in [1.82, 2.24) is 4.90 Å². The van der Waals surface area contributed by atoms with Crippen molar-refractivity contribution in [3.8, 4) is 0 Å². The number of rotatable bonds is 3. The molecule has 3 rings (SSSR count). The molecular weight excluding hydrogens is 224 g/mol. The van der Waals surface area contributed by atoms with Gasteiger partial charge in [-0.1, -0.05) is 24.3 Å². The fourth-order valence-corrected chi connectivity index (χ4v) is 3.25. The maximum atomic E-state index is 6.00. The molecule has 1 fully saturated rings. The van der Waals surface area contributed by atoms with Gasteiger partial charge in [-0.15, -0.1) is 0 Å². The molecule has 3 unspecified atom stereocenters. The van der Waals surface area contributed by atoms with E-state index in [1.807, 2.05) is 0 Å². The van der Waals surface area contributed by atoms with Crippen molar-refractivity contribution in [2.45, 2.75) is 51.1 Å². The highest BCUT2D eigenvalue weighted by molar-refractivity contribution is 5.30. The zero-order valence-electron chi connectivity index (χ0n) is 11.0. The standard InChI is InChI=1S/C15H22N2O/c1-11-6-7-15(18-11)14(8-16)17-9-12-4-2-3-5-13(12)10-17/h2-5,11,14-15H,6-10,16H2,1H3. The largest absolute Gasteiger partial charge is 0.374 e. The molecule has 98 valence electrons. The number of fused-ring (bicyclic) bond motifs is 1. The molecule has 3 atom stereocenters. The summed E-state index contributed by atoms with van der Waals surface area (Å²) in [5.74, 6) is 0. The lowest BCUT2D eigenvalue weighted by molar-refractivity contribution is -0.00580. The minimum Gasteiger partial charge on any atom is -0.374 e. The highest BCUT2D eigenvalue weighted by Crippen LogP contribution is 2.30. The van der Waals surface area contributed by atoms with Crippen molar-refractivity contribution in [1.29, 1.82) is 0 Å². The summed E-state index contributed by atoms with van der Waals surface area (Å²) < 4.78 is 6.00. The summed E-state index contributed by atoms with van der Waals surface area (Å²) in [6, 6.07) is 9.05. The molecule has 3 heteroatoms. The molecule has 1 saturated heterocycles. The third kappa shape index (κ3) is 2.18. The van der Waals surface area contributed by atoms with E-state index >= 15 is 0 Å². The Balaban J connectivity index is 1.71. The minimum atomic E-state index is 0.319. The quantitative estimate of drug-likeness (QED) is 0.885. The van der Waals surface area contributed by atoms with Gasteiger partial charge < -0.3 is 10.5 Å². The van der Waals surface area contributed by atoms with Crippen LogP contribution in [0, 0.1) is 0 Å². The van der Waals surface area contributed by atoms with E-state index in [0.29, 0.717) is 24.8 Å². The van der Waals surface area contributed by atoms with E-state index in [0.717, 1.165) is 19.5 Å². The van der Waals surface area contributed by atoms with Crippen molar-refractivity contribution >= 4 is 0 Å². The van der Waals surface area contributed by atoms with Crippen LogP contribution in [0.25, 0.3) is 0 Å². The number of hydrogen-bond donors (Lipinski definition) is 1. The zero-order valence-corrected chi connectivity index (χ0v) is 11.0. The number of nitrogens with two attached hydrogens (primary N) is 1. The maximum Gasteiger partial charge on any atom is 0.0747 e. The van der Waals surface area contributed by atoms with Crippen LogP contribution in [-0.4, -0.2) is 29.7 Å². The van der Waals surface area contributed by atoms with E-state index in [1.54, 1.807) is 0 Å². The zero-order chi connectivity index (χ0) is 12.5. The predicted octanol–water partition coefficient (Wildman–Crippen LogP) is 1.90. The van der Waals surface area contributed by atoms with Gasteiger partial charge in [-0.2, -0.15) is 0 Å². The van der Waals surface area contributed by atoms with E-state index in [-0.39, 0.29) is 0 Å². The van der Waals surface area contributed by atoms with Crippen molar-refractivity contribution in [2.75, 3.05) is 6.54 Å². The molecule has 2 aliphatic rings. The molecule has 0 spiro atoms. The lowest BCUT2D eigenvalue weighted by Gasteiger charge is -2.31. The van der Waals surface area contributed by atoms with Gasteiger partial charge in [0.1, 0.15) is 0 Å². The molecule has 18 heavy (non-hydrogen) atoms. The molecule has 2 heterocycles. The number of ether oxygens (including phenoxy) is 1. The van der Waals surface area contributed by atoms with Crippen LogP contribution < -0.4 is 5.73 Å². The fourth-order valence-electron chi connectivity index (χ4n) is 3.25. The lowest BCUT2D eigenvalue weighted by atomic mass is 10.1. The van der Waals surface area contributed by atoms with Gasteiger partial charge in [0, 0.05) is 25.7 Å². The summed E-state index contributed by atoms with van der Waals surface area (Å²) in [6.45, 7) is 4.89. The van der Waals surface area contributed by atoms with Gasteiger partial charge in [0.15, 0.2) is 0 Å². The van der Waals surface area contributed by atoms with Gasteiger partial charge in [-0.05, 0) is 30.9 Å². The second-order valence-electron chi connectivity index (χ2n) is 5.54. The van der Waals surface area contributed by atoms with Crippen LogP contribution in [0.5, 0.6) is 0 Å². The molecule has 0 aliphatic carbocycles. The molecule has 0 amide bonds. The Morgan fingerprint density at radius 1 is 1.28 bits per heavy atom. The van der Waals surface area contributed by atoms with Gasteiger partial charge in [-0.3, -0.25) is 4.90 Å². The molecule has 0 saturated carbocycles. The maximum absolute atomic E-state index is 6.00. The van der Waals surface area contributed by atoms with E-state index in [2.05, 4.69) is 36.1 Å². The summed E-state index contributed by atoms with van der Waals surface area (Å²) in [6.07, 6.45) is 3.03. The molecule has 3 nitrogen and oxygen atoms in total. The SMILES string of the molecule is CC1CCC(C(CN)N2Cc3ccccc3C2)O1. The van der Waals surface area contributed by atoms with E-state index < -0.39 is 0 Å². The summed E-state index contributed by atoms with van der Waals surface area (Å²) in [5.41, 5.74) is 8.88. The van der Waals surface area contributed by atoms with Crippen LogP contribution in [0.3, 0.4) is 0 Å². The first-order valence-corrected chi connectivity index (χ1v) is 6.94. The molecule has 0 radical (unpaired) electrons. The third-order valence-electron chi connectivity index (χ3n) is 4.27. The Morgan fingerprint density at radius 2 is 1.94 bits per heavy atom. The molecule has 1 aromatic carbocycles. The topological polar surface area (TPSA) is 38.5 Å². The molecule has 0 bridgehead atoms. The summed E-state index contributed by atoms with van der Waals surface area (Å²) in [7, 11) is 0. The predicted molar refractivity (Wildman–Crippen MR) is 72.1 cm³/mol. The Kier molecular flexibility index (Phi) is 3.37. The van der Waals surface area contributed by atoms with Crippen LogP contribution in [-0.2, 0) is 17.8 Å². The highest BCUT2D eigenvalue weighted by Gasteiger charge is 2.34.